The van der Waals surface area contributed by atoms with Crippen LogP contribution >= 0.6 is 34.3 Å². The third kappa shape index (κ3) is 3.78. The van der Waals surface area contributed by atoms with Crippen molar-refractivity contribution in [1.82, 2.24) is 14.6 Å². The monoisotopic (exact) mass is 415 g/mol. The number of nitrogens with one attached hydrogen (secondary N) is 1. The average Bonchev–Trinajstić information content (AvgIpc) is 3.25. The zero-order valence-corrected chi connectivity index (χ0v) is 16.6. The van der Waals surface area contributed by atoms with Gasteiger partial charge in [-0.3, -0.25) is 4.79 Å². The minimum absolute atomic E-state index is 0.199. The highest BCUT2D eigenvalue weighted by molar-refractivity contribution is 7.18. The zero-order chi connectivity index (χ0) is 18.8. The topological polar surface area (TPSA) is 72.2 Å². The number of aromatic nitrogens is 3. The van der Waals surface area contributed by atoms with Crippen molar-refractivity contribution in [2.75, 3.05) is 5.32 Å². The van der Waals surface area contributed by atoms with Crippen LogP contribution in [0.15, 0.2) is 52.6 Å². The Morgan fingerprint density at radius 2 is 2.11 bits per heavy atom. The van der Waals surface area contributed by atoms with Crippen molar-refractivity contribution >= 4 is 61.5 Å². The van der Waals surface area contributed by atoms with Crippen molar-refractivity contribution in [2.24, 2.45) is 5.10 Å². The number of nitrogens with zero attached hydrogens (tertiary/aromatic N) is 4. The van der Waals surface area contributed by atoms with Crippen LogP contribution in [0.3, 0.4) is 0 Å². The van der Waals surface area contributed by atoms with Crippen LogP contribution < -0.4 is 10.9 Å². The first-order valence-corrected chi connectivity index (χ1v) is 10.2. The molecule has 0 atom stereocenters. The van der Waals surface area contributed by atoms with Gasteiger partial charge in [-0.05, 0) is 24.6 Å². The number of rotatable bonds is 5. The highest BCUT2D eigenvalue weighted by Gasteiger charge is 2.10. The van der Waals surface area contributed by atoms with Gasteiger partial charge in [-0.2, -0.15) is 9.78 Å². The van der Waals surface area contributed by atoms with E-state index >= 15 is 0 Å². The molecule has 3 aromatic heterocycles. The molecule has 0 radical (unpaired) electrons. The van der Waals surface area contributed by atoms with Gasteiger partial charge in [0.2, 0.25) is 0 Å². The molecule has 0 amide bonds. The van der Waals surface area contributed by atoms with Gasteiger partial charge in [-0.15, -0.1) is 11.3 Å². The summed E-state index contributed by atoms with van der Waals surface area (Å²) < 4.78 is 1.22. The number of para-hydroxylation sites is 1. The molecule has 0 saturated heterocycles. The molecule has 0 spiro atoms. The Kier molecular flexibility index (Phi) is 5.02. The Bertz CT molecular complexity index is 1180. The Morgan fingerprint density at radius 1 is 1.30 bits per heavy atom. The molecule has 1 aromatic carbocycles. The van der Waals surface area contributed by atoms with Crippen molar-refractivity contribution in [3.8, 4) is 0 Å². The van der Waals surface area contributed by atoms with E-state index in [-0.39, 0.29) is 5.56 Å². The second-order valence-electron chi connectivity index (χ2n) is 5.59. The lowest BCUT2D eigenvalue weighted by Crippen LogP contribution is -2.16. The van der Waals surface area contributed by atoms with E-state index in [1.165, 1.54) is 39.9 Å². The minimum atomic E-state index is -0.199. The van der Waals surface area contributed by atoms with Gasteiger partial charge in [0.1, 0.15) is 11.2 Å². The maximum atomic E-state index is 12.6. The highest BCUT2D eigenvalue weighted by Crippen LogP contribution is 2.28. The molecule has 27 heavy (non-hydrogen) atoms. The van der Waals surface area contributed by atoms with Crippen LogP contribution in [0.1, 0.15) is 16.7 Å². The Labute approximate surface area is 167 Å². The smallest absolute Gasteiger partial charge is 0.282 e. The van der Waals surface area contributed by atoms with Crippen molar-refractivity contribution in [2.45, 2.75) is 13.3 Å². The fraction of sp³-hybridized carbons (Fsp3) is 0.111. The zero-order valence-electron chi connectivity index (χ0n) is 14.2. The molecule has 6 nitrogen and oxygen atoms in total. The summed E-state index contributed by atoms with van der Waals surface area (Å²) in [6.45, 7) is 2.05. The van der Waals surface area contributed by atoms with E-state index in [0.717, 1.165) is 21.8 Å². The van der Waals surface area contributed by atoms with E-state index in [2.05, 4.69) is 20.4 Å². The Hall–Kier alpha value is -2.55. The molecular formula is C18H14ClN5OS2. The molecule has 0 aliphatic carbocycles. The van der Waals surface area contributed by atoms with Gasteiger partial charge in [0.25, 0.3) is 5.56 Å². The summed E-state index contributed by atoms with van der Waals surface area (Å²) in [7, 11) is 0. The maximum Gasteiger partial charge on any atom is 0.282 e. The quantitative estimate of drug-likeness (QED) is 0.477. The highest BCUT2D eigenvalue weighted by atomic mass is 35.5. The van der Waals surface area contributed by atoms with Gasteiger partial charge in [-0.25, -0.2) is 9.97 Å². The van der Waals surface area contributed by atoms with Crippen LogP contribution in [0.4, 0.5) is 10.8 Å². The van der Waals surface area contributed by atoms with Gasteiger partial charge in [0.15, 0.2) is 10.3 Å². The van der Waals surface area contributed by atoms with Crippen molar-refractivity contribution < 1.29 is 0 Å². The van der Waals surface area contributed by atoms with E-state index in [9.17, 15) is 4.79 Å². The first-order chi connectivity index (χ1) is 13.1. The van der Waals surface area contributed by atoms with E-state index in [0.29, 0.717) is 20.5 Å². The van der Waals surface area contributed by atoms with Crippen LogP contribution in [0.25, 0.3) is 10.2 Å². The second-order valence-corrected chi connectivity index (χ2v) is 8.09. The Balaban J connectivity index is 1.60. The van der Waals surface area contributed by atoms with Crippen LogP contribution in [0.2, 0.25) is 5.15 Å². The minimum Gasteiger partial charge on any atom is -0.331 e. The molecule has 9 heteroatoms. The number of halogens is 1. The fourth-order valence-electron chi connectivity index (χ4n) is 2.43. The summed E-state index contributed by atoms with van der Waals surface area (Å²) in [4.78, 5) is 23.7. The van der Waals surface area contributed by atoms with Crippen molar-refractivity contribution in [3.05, 3.63) is 68.0 Å². The number of thiazole rings is 1. The summed E-state index contributed by atoms with van der Waals surface area (Å²) in [5, 5.41) is 8.97. The summed E-state index contributed by atoms with van der Waals surface area (Å²) in [6.07, 6.45) is 3.82. The first kappa shape index (κ1) is 17.8. The summed E-state index contributed by atoms with van der Waals surface area (Å²) in [6, 6.07) is 11.6. The number of aryl methyl sites for hydroxylation is 1. The van der Waals surface area contributed by atoms with Crippen molar-refractivity contribution in [3.63, 3.8) is 0 Å². The molecule has 136 valence electrons. The lowest BCUT2D eigenvalue weighted by molar-refractivity contribution is 0.819. The molecule has 0 unspecified atom stereocenters. The maximum absolute atomic E-state index is 12.6. The number of fused-ring (bicyclic) bond motifs is 1. The average molecular weight is 416 g/mol. The van der Waals surface area contributed by atoms with Crippen LogP contribution in [-0.2, 0) is 6.42 Å². The second kappa shape index (κ2) is 7.59. The molecule has 4 rings (SSSR count). The van der Waals surface area contributed by atoms with Crippen molar-refractivity contribution in [1.29, 1.82) is 0 Å². The standard InChI is InChI=1S/C18H14ClN5OS2/c1-2-12-8-13-16(26-12)20-10-24(17(13)25)21-9-14-15(19)23-18(27-14)22-11-6-4-3-5-7-11/h3-10H,2H2,1H3,(H,22,23)/b21-9+. The SMILES string of the molecule is CCc1cc2c(=O)n(/N=C/c3sc(Nc4ccccc4)nc3Cl)cnc2s1. The van der Waals surface area contributed by atoms with Gasteiger partial charge in [-0.1, -0.05) is 48.1 Å². The number of hydrogen-bond acceptors (Lipinski definition) is 7. The largest absolute Gasteiger partial charge is 0.331 e. The molecule has 1 N–H and O–H groups in total. The van der Waals surface area contributed by atoms with Gasteiger partial charge in [0, 0.05) is 10.6 Å². The van der Waals surface area contributed by atoms with Gasteiger partial charge in [0.05, 0.1) is 16.5 Å². The summed E-state index contributed by atoms with van der Waals surface area (Å²) in [5.41, 5.74) is 0.719. The predicted octanol–water partition coefficient (Wildman–Crippen LogP) is 4.76. The normalized spacial score (nSPS) is 11.5. The van der Waals surface area contributed by atoms with Crippen LogP contribution in [-0.4, -0.2) is 20.9 Å². The lowest BCUT2D eigenvalue weighted by atomic mass is 10.3. The molecule has 0 aliphatic heterocycles. The predicted molar refractivity (Wildman–Crippen MR) is 113 cm³/mol. The molecule has 0 fully saturated rings. The molecule has 0 bridgehead atoms. The fourth-order valence-corrected chi connectivity index (χ4v) is 4.39. The van der Waals surface area contributed by atoms with E-state index in [1.54, 1.807) is 0 Å². The number of anilines is 2. The van der Waals surface area contributed by atoms with E-state index in [1.807, 2.05) is 43.3 Å². The summed E-state index contributed by atoms with van der Waals surface area (Å²) in [5.74, 6) is 0. The lowest BCUT2D eigenvalue weighted by Gasteiger charge is -2.00. The summed E-state index contributed by atoms with van der Waals surface area (Å²) >= 11 is 9.08. The van der Waals surface area contributed by atoms with Gasteiger partial charge >= 0.3 is 0 Å². The van der Waals surface area contributed by atoms with Crippen LogP contribution in [0.5, 0.6) is 0 Å². The van der Waals surface area contributed by atoms with Gasteiger partial charge < -0.3 is 5.32 Å². The third-order valence-corrected chi connectivity index (χ3v) is 6.26. The first-order valence-electron chi connectivity index (χ1n) is 8.17. The molecule has 0 aliphatic rings. The number of thiophene rings is 1. The number of hydrogen-bond donors (Lipinski definition) is 1. The molecule has 0 saturated carbocycles. The third-order valence-electron chi connectivity index (χ3n) is 3.77. The van der Waals surface area contributed by atoms with E-state index < -0.39 is 0 Å². The van der Waals surface area contributed by atoms with Crippen LogP contribution in [0, 0.1) is 0 Å². The van der Waals surface area contributed by atoms with E-state index in [4.69, 9.17) is 11.6 Å². The molecule has 4 aromatic rings. The Morgan fingerprint density at radius 3 is 2.89 bits per heavy atom. The number of benzene rings is 1. The molecular weight excluding hydrogens is 402 g/mol. The molecule has 3 heterocycles.